The van der Waals surface area contributed by atoms with E-state index < -0.39 is 17.7 Å². The first kappa shape index (κ1) is 15.4. The van der Waals surface area contributed by atoms with E-state index in [1.807, 2.05) is 6.92 Å². The minimum absolute atomic E-state index is 0.0985. The van der Waals surface area contributed by atoms with Crippen LogP contribution in [0.4, 0.5) is 8.78 Å². The van der Waals surface area contributed by atoms with E-state index >= 15 is 0 Å². The second kappa shape index (κ2) is 7.18. The van der Waals surface area contributed by atoms with Gasteiger partial charge in [-0.05, 0) is 35.7 Å². The van der Waals surface area contributed by atoms with Crippen molar-refractivity contribution in [2.24, 2.45) is 0 Å². The van der Waals surface area contributed by atoms with Gasteiger partial charge in [-0.2, -0.15) is 0 Å². The van der Waals surface area contributed by atoms with Crippen molar-refractivity contribution in [3.63, 3.8) is 0 Å². The fraction of sp³-hybridized carbons (Fsp3) is 0.294. The van der Waals surface area contributed by atoms with Crippen molar-refractivity contribution in [1.82, 2.24) is 0 Å². The smallest absolute Gasteiger partial charge is 0.129 e. The molecule has 0 aliphatic carbocycles. The van der Waals surface area contributed by atoms with Crippen LogP contribution in [0.15, 0.2) is 42.5 Å². The van der Waals surface area contributed by atoms with E-state index in [2.05, 4.69) is 0 Å². The Balaban J connectivity index is 2.04. The molecule has 0 spiro atoms. The number of hydrogen-bond donors (Lipinski definition) is 1. The van der Waals surface area contributed by atoms with E-state index in [1.54, 1.807) is 24.3 Å². The summed E-state index contributed by atoms with van der Waals surface area (Å²) in [5.41, 5.74) is 0.956. The van der Waals surface area contributed by atoms with Crippen molar-refractivity contribution in [1.29, 1.82) is 0 Å². The Morgan fingerprint density at radius 1 is 1.10 bits per heavy atom. The van der Waals surface area contributed by atoms with Gasteiger partial charge in [0.15, 0.2) is 0 Å². The summed E-state index contributed by atoms with van der Waals surface area (Å²) in [7, 11) is 0. The van der Waals surface area contributed by atoms with Gasteiger partial charge < -0.3 is 9.84 Å². The predicted octanol–water partition coefficient (Wildman–Crippen LogP) is 4.03. The third kappa shape index (κ3) is 4.26. The molecule has 2 nitrogen and oxygen atoms in total. The number of halogens is 2. The van der Waals surface area contributed by atoms with Crippen LogP contribution in [-0.4, -0.2) is 11.7 Å². The topological polar surface area (TPSA) is 29.5 Å². The lowest BCUT2D eigenvalue weighted by Gasteiger charge is -2.13. The third-order valence-electron chi connectivity index (χ3n) is 3.17. The van der Waals surface area contributed by atoms with Crippen molar-refractivity contribution in [2.45, 2.75) is 25.9 Å². The third-order valence-corrected chi connectivity index (χ3v) is 3.17. The average molecular weight is 292 g/mol. The Morgan fingerprint density at radius 2 is 1.81 bits per heavy atom. The van der Waals surface area contributed by atoms with E-state index in [9.17, 15) is 13.9 Å². The van der Waals surface area contributed by atoms with Crippen LogP contribution >= 0.6 is 0 Å². The highest BCUT2D eigenvalue weighted by Crippen LogP contribution is 2.22. The summed E-state index contributed by atoms with van der Waals surface area (Å²) >= 11 is 0. The summed E-state index contributed by atoms with van der Waals surface area (Å²) in [5.74, 6) is -0.527. The molecular weight excluding hydrogens is 274 g/mol. The molecule has 112 valence electrons. The molecule has 21 heavy (non-hydrogen) atoms. The number of aliphatic hydroxyl groups excluding tert-OH is 1. The molecule has 0 saturated carbocycles. The Kier molecular flexibility index (Phi) is 5.28. The van der Waals surface area contributed by atoms with Gasteiger partial charge >= 0.3 is 0 Å². The molecule has 2 aromatic carbocycles. The SMILES string of the molecule is CCCOc1ccc(C(O)Cc2ccc(F)cc2F)cc1. The van der Waals surface area contributed by atoms with Crippen LogP contribution in [0.3, 0.4) is 0 Å². The Labute approximate surface area is 123 Å². The Hall–Kier alpha value is -1.94. The molecule has 0 aliphatic rings. The number of aliphatic hydroxyl groups is 1. The Morgan fingerprint density at radius 3 is 2.43 bits per heavy atom. The van der Waals surface area contributed by atoms with Gasteiger partial charge in [0.2, 0.25) is 0 Å². The standard InChI is InChI=1S/C17H18F2O2/c1-2-9-21-15-7-4-12(5-8-15)17(20)10-13-3-6-14(18)11-16(13)19/h3-8,11,17,20H,2,9-10H2,1H3. The highest BCUT2D eigenvalue weighted by Gasteiger charge is 2.12. The van der Waals surface area contributed by atoms with Crippen LogP contribution in [-0.2, 0) is 6.42 Å². The molecule has 0 aliphatic heterocycles. The summed E-state index contributed by atoms with van der Waals surface area (Å²) in [5, 5.41) is 10.1. The number of rotatable bonds is 6. The highest BCUT2D eigenvalue weighted by molar-refractivity contribution is 5.30. The van der Waals surface area contributed by atoms with Crippen LogP contribution in [0.2, 0.25) is 0 Å². The van der Waals surface area contributed by atoms with E-state index in [1.165, 1.54) is 12.1 Å². The van der Waals surface area contributed by atoms with Crippen molar-refractivity contribution in [3.8, 4) is 5.75 Å². The summed E-state index contributed by atoms with van der Waals surface area (Å²) < 4.78 is 31.9. The lowest BCUT2D eigenvalue weighted by atomic mass is 10.0. The van der Waals surface area contributed by atoms with Crippen molar-refractivity contribution in [3.05, 3.63) is 65.2 Å². The first-order valence-corrected chi connectivity index (χ1v) is 6.95. The first-order chi connectivity index (χ1) is 10.1. The molecule has 0 aromatic heterocycles. The molecule has 2 rings (SSSR count). The zero-order chi connectivity index (χ0) is 15.2. The molecule has 1 unspecified atom stereocenters. The van der Waals surface area contributed by atoms with Gasteiger partial charge in [-0.1, -0.05) is 25.1 Å². The van der Waals surface area contributed by atoms with Crippen molar-refractivity contribution >= 4 is 0 Å². The Bertz CT molecular complexity index is 582. The fourth-order valence-electron chi connectivity index (χ4n) is 2.02. The fourth-order valence-corrected chi connectivity index (χ4v) is 2.02. The average Bonchev–Trinajstić information content (AvgIpc) is 2.48. The van der Waals surface area contributed by atoms with Gasteiger partial charge in [0.05, 0.1) is 12.7 Å². The molecule has 0 bridgehead atoms. The lowest BCUT2D eigenvalue weighted by Crippen LogP contribution is -2.04. The maximum Gasteiger partial charge on any atom is 0.129 e. The summed E-state index contributed by atoms with van der Waals surface area (Å²) in [6, 6.07) is 10.4. The zero-order valence-electron chi connectivity index (χ0n) is 11.9. The predicted molar refractivity (Wildman–Crippen MR) is 77.2 cm³/mol. The lowest BCUT2D eigenvalue weighted by molar-refractivity contribution is 0.177. The molecule has 4 heteroatoms. The molecule has 1 N–H and O–H groups in total. The molecule has 0 fully saturated rings. The molecule has 1 atom stereocenters. The van der Waals surface area contributed by atoms with Crippen molar-refractivity contribution < 1.29 is 18.6 Å². The molecule has 0 heterocycles. The molecule has 0 saturated heterocycles. The molecule has 0 radical (unpaired) electrons. The maximum absolute atomic E-state index is 13.6. The zero-order valence-corrected chi connectivity index (χ0v) is 11.9. The van der Waals surface area contributed by atoms with Crippen LogP contribution in [0.25, 0.3) is 0 Å². The van der Waals surface area contributed by atoms with Gasteiger partial charge in [-0.3, -0.25) is 0 Å². The van der Waals surface area contributed by atoms with E-state index in [-0.39, 0.29) is 12.0 Å². The van der Waals surface area contributed by atoms with E-state index in [0.717, 1.165) is 18.2 Å². The van der Waals surface area contributed by atoms with Crippen LogP contribution in [0.5, 0.6) is 5.75 Å². The van der Waals surface area contributed by atoms with Gasteiger partial charge in [0.25, 0.3) is 0 Å². The van der Waals surface area contributed by atoms with Gasteiger partial charge in [0, 0.05) is 12.5 Å². The van der Waals surface area contributed by atoms with E-state index in [4.69, 9.17) is 4.74 Å². The second-order valence-corrected chi connectivity index (χ2v) is 4.87. The highest BCUT2D eigenvalue weighted by atomic mass is 19.1. The number of hydrogen-bond acceptors (Lipinski definition) is 2. The summed E-state index contributed by atoms with van der Waals surface area (Å²) in [4.78, 5) is 0. The van der Waals surface area contributed by atoms with Gasteiger partial charge in [0.1, 0.15) is 17.4 Å². The largest absolute Gasteiger partial charge is 0.494 e. The van der Waals surface area contributed by atoms with E-state index in [0.29, 0.717) is 12.2 Å². The summed E-state index contributed by atoms with van der Waals surface area (Å²) in [6.07, 6.45) is 0.181. The molecule has 0 amide bonds. The van der Waals surface area contributed by atoms with Gasteiger partial charge in [-0.25, -0.2) is 8.78 Å². The molecular formula is C17H18F2O2. The van der Waals surface area contributed by atoms with Crippen LogP contribution in [0.1, 0.15) is 30.6 Å². The minimum atomic E-state index is -0.842. The number of benzene rings is 2. The van der Waals surface area contributed by atoms with Crippen LogP contribution < -0.4 is 4.74 Å². The van der Waals surface area contributed by atoms with Gasteiger partial charge in [-0.15, -0.1) is 0 Å². The normalized spacial score (nSPS) is 12.2. The number of ether oxygens (including phenoxy) is 1. The molecule has 2 aromatic rings. The minimum Gasteiger partial charge on any atom is -0.494 e. The maximum atomic E-state index is 13.6. The first-order valence-electron chi connectivity index (χ1n) is 6.95. The van der Waals surface area contributed by atoms with Crippen molar-refractivity contribution in [2.75, 3.05) is 6.61 Å². The summed E-state index contributed by atoms with van der Waals surface area (Å²) in [6.45, 7) is 2.66. The monoisotopic (exact) mass is 292 g/mol. The second-order valence-electron chi connectivity index (χ2n) is 4.87. The van der Waals surface area contributed by atoms with Crippen LogP contribution in [0, 0.1) is 11.6 Å². The quantitative estimate of drug-likeness (QED) is 0.871.